The molecule has 23 heavy (non-hydrogen) atoms. The summed E-state index contributed by atoms with van der Waals surface area (Å²) in [5, 5.41) is 0. The van der Waals surface area contributed by atoms with Crippen LogP contribution in [0.4, 0.5) is 4.39 Å². The Labute approximate surface area is 136 Å². The summed E-state index contributed by atoms with van der Waals surface area (Å²) in [6.45, 7) is 2.06. The summed E-state index contributed by atoms with van der Waals surface area (Å²) in [6.07, 6.45) is 1.70. The summed E-state index contributed by atoms with van der Waals surface area (Å²) in [4.78, 5) is 0. The van der Waals surface area contributed by atoms with Crippen LogP contribution in [0.2, 0.25) is 0 Å². The van der Waals surface area contributed by atoms with E-state index in [2.05, 4.69) is 31.2 Å². The summed E-state index contributed by atoms with van der Waals surface area (Å²) in [5.74, 6) is -0.294. The predicted octanol–water partition coefficient (Wildman–Crippen LogP) is 6.14. The molecule has 0 aromatic heterocycles. The van der Waals surface area contributed by atoms with Gasteiger partial charge in [0.05, 0.1) is 0 Å². The lowest BCUT2D eigenvalue weighted by molar-refractivity contribution is 0.751. The van der Waals surface area contributed by atoms with E-state index in [0.717, 1.165) is 11.1 Å². The smallest absolute Gasteiger partial charge is 0.127 e. The highest BCUT2D eigenvalue weighted by molar-refractivity contribution is 5.61. The van der Waals surface area contributed by atoms with Crippen molar-refractivity contribution in [3.8, 4) is 0 Å². The molecular weight excluding hydrogens is 283 g/mol. The number of halogens is 1. The Bertz CT molecular complexity index is 771. The number of rotatable bonds is 4. The van der Waals surface area contributed by atoms with Gasteiger partial charge in [0.15, 0.2) is 0 Å². The van der Waals surface area contributed by atoms with Crippen LogP contribution < -0.4 is 0 Å². The molecule has 0 heterocycles. The van der Waals surface area contributed by atoms with Crippen molar-refractivity contribution < 1.29 is 4.39 Å². The molecule has 0 nitrogen and oxygen atoms in total. The molecule has 3 aromatic carbocycles. The first-order chi connectivity index (χ1) is 11.2. The second-order valence-corrected chi connectivity index (χ2v) is 5.68. The molecule has 0 saturated heterocycles. The van der Waals surface area contributed by atoms with Gasteiger partial charge in [-0.3, -0.25) is 0 Å². The molecular formula is C22H19F. The topological polar surface area (TPSA) is 0 Å². The van der Waals surface area contributed by atoms with Gasteiger partial charge in [0.1, 0.15) is 5.83 Å². The third-order valence-electron chi connectivity index (χ3n) is 3.96. The van der Waals surface area contributed by atoms with E-state index in [0.29, 0.717) is 5.56 Å². The molecule has 0 fully saturated rings. The molecule has 1 heteroatoms. The molecule has 0 aliphatic rings. The summed E-state index contributed by atoms with van der Waals surface area (Å²) < 4.78 is 14.7. The van der Waals surface area contributed by atoms with Crippen LogP contribution in [0.25, 0.3) is 5.83 Å². The van der Waals surface area contributed by atoms with Gasteiger partial charge in [-0.05, 0) is 24.1 Å². The molecule has 0 N–H and O–H groups in total. The zero-order chi connectivity index (χ0) is 16.1. The minimum absolute atomic E-state index is 0.1000. The van der Waals surface area contributed by atoms with Gasteiger partial charge in [-0.1, -0.05) is 90.5 Å². The van der Waals surface area contributed by atoms with Gasteiger partial charge < -0.3 is 0 Å². The number of aryl methyl sites for hydroxylation is 1. The van der Waals surface area contributed by atoms with Crippen molar-refractivity contribution >= 4 is 5.83 Å². The van der Waals surface area contributed by atoms with Crippen LogP contribution in [0.5, 0.6) is 0 Å². The van der Waals surface area contributed by atoms with E-state index in [1.165, 1.54) is 5.56 Å². The molecule has 0 bridgehead atoms. The second kappa shape index (κ2) is 7.06. The minimum Gasteiger partial charge on any atom is -0.207 e. The molecule has 3 aromatic rings. The zero-order valence-corrected chi connectivity index (χ0v) is 13.1. The summed E-state index contributed by atoms with van der Waals surface area (Å²) in [5.41, 5.74) is 3.99. The lowest BCUT2D eigenvalue weighted by Crippen LogP contribution is -1.98. The second-order valence-electron chi connectivity index (χ2n) is 5.68. The fourth-order valence-electron chi connectivity index (χ4n) is 2.66. The van der Waals surface area contributed by atoms with E-state index in [1.807, 2.05) is 48.5 Å². The van der Waals surface area contributed by atoms with Crippen molar-refractivity contribution in [3.05, 3.63) is 113 Å². The molecule has 3 rings (SSSR count). The fourth-order valence-corrected chi connectivity index (χ4v) is 2.66. The largest absolute Gasteiger partial charge is 0.207 e. The Morgan fingerprint density at radius 3 is 1.87 bits per heavy atom. The minimum atomic E-state index is -0.194. The van der Waals surface area contributed by atoms with Crippen LogP contribution >= 0.6 is 0 Å². The van der Waals surface area contributed by atoms with Crippen LogP contribution in [-0.4, -0.2) is 0 Å². The summed E-state index contributed by atoms with van der Waals surface area (Å²) in [7, 11) is 0. The van der Waals surface area contributed by atoms with Crippen LogP contribution in [-0.2, 0) is 0 Å². The average molecular weight is 302 g/mol. The number of hydrogen-bond donors (Lipinski definition) is 0. The van der Waals surface area contributed by atoms with Crippen molar-refractivity contribution in [2.45, 2.75) is 12.8 Å². The number of allylic oxidation sites excluding steroid dienone is 1. The van der Waals surface area contributed by atoms with Crippen LogP contribution in [0.1, 0.15) is 28.2 Å². The molecule has 0 aliphatic heterocycles. The summed E-state index contributed by atoms with van der Waals surface area (Å²) >= 11 is 0. The SMILES string of the molecule is Cc1ccc(C(/C=C(/F)c2ccccc2)c2ccccc2)cc1. The first kappa shape index (κ1) is 15.2. The predicted molar refractivity (Wildman–Crippen MR) is 95.0 cm³/mol. The third-order valence-corrected chi connectivity index (χ3v) is 3.96. The first-order valence-corrected chi connectivity index (χ1v) is 7.78. The van der Waals surface area contributed by atoms with Gasteiger partial charge in [-0.25, -0.2) is 4.39 Å². The van der Waals surface area contributed by atoms with Gasteiger partial charge in [-0.15, -0.1) is 0 Å². The maximum Gasteiger partial charge on any atom is 0.127 e. The van der Waals surface area contributed by atoms with Crippen molar-refractivity contribution in [3.63, 3.8) is 0 Å². The molecule has 0 aliphatic carbocycles. The average Bonchev–Trinajstić information content (AvgIpc) is 2.62. The first-order valence-electron chi connectivity index (χ1n) is 7.78. The van der Waals surface area contributed by atoms with E-state index in [4.69, 9.17) is 0 Å². The zero-order valence-electron chi connectivity index (χ0n) is 13.1. The van der Waals surface area contributed by atoms with E-state index in [9.17, 15) is 4.39 Å². The van der Waals surface area contributed by atoms with E-state index < -0.39 is 0 Å². The maximum absolute atomic E-state index is 14.7. The Hall–Kier alpha value is -2.67. The highest BCUT2D eigenvalue weighted by Crippen LogP contribution is 2.30. The van der Waals surface area contributed by atoms with Crippen molar-refractivity contribution in [1.82, 2.24) is 0 Å². The third kappa shape index (κ3) is 3.75. The van der Waals surface area contributed by atoms with Crippen LogP contribution in [0.3, 0.4) is 0 Å². The lowest BCUT2D eigenvalue weighted by atomic mass is 9.89. The highest BCUT2D eigenvalue weighted by Gasteiger charge is 2.13. The molecule has 0 amide bonds. The Morgan fingerprint density at radius 1 is 0.739 bits per heavy atom. The van der Waals surface area contributed by atoms with Gasteiger partial charge in [0.25, 0.3) is 0 Å². The van der Waals surface area contributed by atoms with Crippen LogP contribution in [0, 0.1) is 6.92 Å². The van der Waals surface area contributed by atoms with Crippen molar-refractivity contribution in [2.24, 2.45) is 0 Å². The fraction of sp³-hybridized carbons (Fsp3) is 0.0909. The van der Waals surface area contributed by atoms with E-state index in [1.54, 1.807) is 18.2 Å². The van der Waals surface area contributed by atoms with Gasteiger partial charge in [-0.2, -0.15) is 0 Å². The quantitative estimate of drug-likeness (QED) is 0.543. The monoisotopic (exact) mass is 302 g/mol. The molecule has 1 unspecified atom stereocenters. The van der Waals surface area contributed by atoms with E-state index >= 15 is 0 Å². The Kier molecular flexibility index (Phi) is 4.68. The number of benzene rings is 3. The Balaban J connectivity index is 2.04. The lowest BCUT2D eigenvalue weighted by Gasteiger charge is -2.15. The molecule has 0 spiro atoms. The maximum atomic E-state index is 14.7. The van der Waals surface area contributed by atoms with Gasteiger partial charge >= 0.3 is 0 Å². The number of hydrogen-bond acceptors (Lipinski definition) is 0. The highest BCUT2D eigenvalue weighted by atomic mass is 19.1. The van der Waals surface area contributed by atoms with Crippen molar-refractivity contribution in [2.75, 3.05) is 0 Å². The van der Waals surface area contributed by atoms with E-state index in [-0.39, 0.29) is 11.7 Å². The standard InChI is InChI=1S/C22H19F/c1-17-12-14-19(15-13-17)21(18-8-4-2-5-9-18)16-22(23)20-10-6-3-7-11-20/h2-16,21H,1H3/b22-16+. The van der Waals surface area contributed by atoms with Gasteiger partial charge in [0.2, 0.25) is 0 Å². The van der Waals surface area contributed by atoms with Gasteiger partial charge in [0, 0.05) is 11.5 Å². The molecule has 0 radical (unpaired) electrons. The van der Waals surface area contributed by atoms with Crippen LogP contribution in [0.15, 0.2) is 91.0 Å². The molecule has 114 valence electrons. The summed E-state index contributed by atoms with van der Waals surface area (Å²) in [6, 6.07) is 27.5. The molecule has 1 atom stereocenters. The van der Waals surface area contributed by atoms with Crippen molar-refractivity contribution in [1.29, 1.82) is 0 Å². The normalized spacial score (nSPS) is 12.9. The molecule has 0 saturated carbocycles. The Morgan fingerprint density at radius 2 is 1.26 bits per heavy atom.